The van der Waals surface area contributed by atoms with Crippen molar-refractivity contribution in [3.63, 3.8) is 0 Å². The number of nitrogens with one attached hydrogen (secondary N) is 6. The summed E-state index contributed by atoms with van der Waals surface area (Å²) in [7, 11) is 9.40. The summed E-state index contributed by atoms with van der Waals surface area (Å²) < 4.78 is 3.40. The zero-order valence-electron chi connectivity index (χ0n) is 93.3. The van der Waals surface area contributed by atoms with Gasteiger partial charge in [-0.1, -0.05) is 334 Å². The number of anilines is 1. The normalized spacial score (nSPS) is 23.0. The van der Waals surface area contributed by atoms with Crippen molar-refractivity contribution < 1.29 is 71.0 Å². The third-order valence-corrected chi connectivity index (χ3v) is 33.6. The number of nitriles is 1. The summed E-state index contributed by atoms with van der Waals surface area (Å²) in [6.07, 6.45) is 25.9. The number of halogens is 6. The van der Waals surface area contributed by atoms with Crippen molar-refractivity contribution in [2.75, 3.05) is 70.8 Å². The molecule has 0 bridgehead atoms. The van der Waals surface area contributed by atoms with Gasteiger partial charge < -0.3 is 72.4 Å². The van der Waals surface area contributed by atoms with Gasteiger partial charge in [0.15, 0.2) is 0 Å². The van der Waals surface area contributed by atoms with Crippen molar-refractivity contribution in [1.82, 2.24) is 26.6 Å². The topological polar surface area (TPSA) is 352 Å². The zero-order valence-corrected chi connectivity index (χ0v) is 103. The van der Waals surface area contributed by atoms with Crippen LogP contribution in [-0.4, -0.2) is 100 Å². The summed E-state index contributed by atoms with van der Waals surface area (Å²) in [6.45, 7) is 52.4. The first-order valence-electron chi connectivity index (χ1n) is 54.9. The van der Waals surface area contributed by atoms with Gasteiger partial charge in [0, 0.05) is 120 Å². The third kappa shape index (κ3) is 54.0. The first kappa shape index (κ1) is 142. The second-order valence-corrected chi connectivity index (χ2v) is 48.7. The first-order chi connectivity index (χ1) is 70.2. The van der Waals surface area contributed by atoms with E-state index >= 15 is 0 Å². The van der Waals surface area contributed by atoms with Crippen LogP contribution in [0, 0.1) is 165 Å². The monoisotopic (exact) mass is 2360 g/mol. The van der Waals surface area contributed by atoms with Gasteiger partial charge in [0.25, 0.3) is 0 Å². The molecule has 0 spiro atoms. The molecule has 6 aliphatic rings. The second kappa shape index (κ2) is 81.3. The molecule has 12 rings (SSSR count). The largest absolute Gasteiger partial charge is 1.00 e. The summed E-state index contributed by atoms with van der Waals surface area (Å²) in [5.74, 6) is 12.8. The predicted octanol–water partition coefficient (Wildman–Crippen LogP) is 23.9. The molecule has 6 fully saturated rings. The van der Waals surface area contributed by atoms with Gasteiger partial charge in [0.1, 0.15) is 0 Å². The summed E-state index contributed by atoms with van der Waals surface area (Å²) in [5.41, 5.74) is 36.8. The van der Waals surface area contributed by atoms with E-state index in [1.807, 2.05) is 91.0 Å². The SMILES string of the molecule is C.CC(C)[C@@H]1CC[C@@H](C)C[C@H]1C(=O)Cl.CC(C)[C@@H]1CC[C@@H](C)C[C@H]1C(=O)NCCc1ccccc1Br.CC(C)[C@@H]1CC[C@@H](C)C[C@H]1C(=O)NCCc1ccccc1Br.CC(C)[C@@H]1CC[C@@H](C)C[C@H]1C(=O)NCCc1ccccc1C#N.CC(C)[C@@H]1CC[C@@H](C)C[C@H]1C(=O)NCCc1ccccc1CN.CC(C)[C@@H]1CC[C@@H](C)C[C@H]1C(=O)NCCc1ccccc1NCCN.NCCN.NCCc1ccccc1Br.[C-]#N.[Cl][Ni][Cl].[Na+]. The molecule has 16 N–H and O–H groups in total. The molecule has 0 aromatic heterocycles. The Balaban J connectivity index is 0.000000865. The maximum absolute atomic E-state index is 12.8. The van der Waals surface area contributed by atoms with Crippen molar-refractivity contribution in [1.29, 1.82) is 10.5 Å². The molecule has 6 aliphatic carbocycles. The summed E-state index contributed by atoms with van der Waals surface area (Å²) in [5, 5.41) is 34.4. The Kier molecular flexibility index (Phi) is 77.4. The van der Waals surface area contributed by atoms with Crippen LogP contribution in [0.15, 0.2) is 159 Å². The van der Waals surface area contributed by atoms with Gasteiger partial charge in [-0.2, -0.15) is 5.26 Å². The van der Waals surface area contributed by atoms with Gasteiger partial charge in [-0.05, 0) is 310 Å². The minimum absolute atomic E-state index is 0. The second-order valence-electron chi connectivity index (χ2n) is 44.2. The van der Waals surface area contributed by atoms with Crippen LogP contribution in [-0.2, 0) is 86.5 Å². The van der Waals surface area contributed by atoms with Crippen molar-refractivity contribution in [3.8, 4) is 6.07 Å². The molecule has 6 saturated carbocycles. The van der Waals surface area contributed by atoms with Gasteiger partial charge in [0.2, 0.25) is 34.8 Å². The van der Waals surface area contributed by atoms with E-state index in [2.05, 4.69) is 265 Å². The molecule has 0 unspecified atom stereocenters. The maximum atomic E-state index is 12.8. The summed E-state index contributed by atoms with van der Waals surface area (Å²) in [6, 6.07) is 50.9. The van der Waals surface area contributed by atoms with Crippen molar-refractivity contribution in [2.24, 2.45) is 171 Å². The molecular weight excluding hydrogens is 2170 g/mol. The Morgan fingerprint density at radius 1 is 0.336 bits per heavy atom. The van der Waals surface area contributed by atoms with Crippen LogP contribution >= 0.6 is 79.8 Å². The number of nitrogens with zero attached hydrogens (tertiary/aromatic N) is 2. The van der Waals surface area contributed by atoms with E-state index < -0.39 is 0 Å². The molecule has 0 aliphatic heterocycles. The fourth-order valence-corrected chi connectivity index (χ4v) is 24.2. The molecule has 19 nitrogen and oxygen atoms in total. The number of amides is 5. The zero-order chi connectivity index (χ0) is 110. The number of hydrogen-bond acceptors (Lipinski definition) is 14. The maximum Gasteiger partial charge on any atom is 1.00 e. The van der Waals surface area contributed by atoms with Crippen LogP contribution in [0.2, 0.25) is 0 Å². The number of benzene rings is 6. The number of hydrogen-bond donors (Lipinski definition) is 11. The number of carbonyl (C=O) groups excluding carboxylic acids is 6. The van der Waals surface area contributed by atoms with E-state index in [1.165, 1.54) is 104 Å². The van der Waals surface area contributed by atoms with Crippen LogP contribution in [0.5, 0.6) is 0 Å². The molecule has 0 radical (unpaired) electrons. The molecule has 0 heterocycles. The summed E-state index contributed by atoms with van der Waals surface area (Å²) in [4.78, 5) is 74.5. The molecule has 834 valence electrons. The van der Waals surface area contributed by atoms with Gasteiger partial charge in [-0.3, -0.25) is 28.8 Å². The Labute approximate surface area is 969 Å². The van der Waals surface area contributed by atoms with Crippen LogP contribution in [0.3, 0.4) is 0 Å². The molecule has 27 heteroatoms. The minimum Gasteiger partial charge on any atom is 1.00 e. The van der Waals surface area contributed by atoms with Crippen LogP contribution < -0.4 is 90.1 Å². The molecule has 6 aromatic carbocycles. The van der Waals surface area contributed by atoms with E-state index in [4.69, 9.17) is 77.8 Å². The Morgan fingerprint density at radius 3 is 0.826 bits per heavy atom. The van der Waals surface area contributed by atoms with Crippen molar-refractivity contribution in [2.45, 2.75) is 293 Å². The van der Waals surface area contributed by atoms with Gasteiger partial charge in [0.05, 0.1) is 11.6 Å². The quantitative estimate of drug-likeness (QED) is 0.0102. The predicted molar refractivity (Wildman–Crippen MR) is 630 cm³/mol. The fourth-order valence-electron chi connectivity index (χ4n) is 22.5. The molecular formula is C122H192Br3Cl3N13NaNiO6. The molecule has 149 heavy (non-hydrogen) atoms. The van der Waals surface area contributed by atoms with Gasteiger partial charge >= 0.3 is 62.6 Å². The molecule has 18 atom stereocenters. The summed E-state index contributed by atoms with van der Waals surface area (Å²) >= 11 is 16.8. The van der Waals surface area contributed by atoms with E-state index in [1.54, 1.807) is 0 Å². The van der Waals surface area contributed by atoms with E-state index in [0.29, 0.717) is 184 Å². The van der Waals surface area contributed by atoms with Crippen LogP contribution in [0.1, 0.15) is 292 Å². The van der Waals surface area contributed by atoms with E-state index in [-0.39, 0.29) is 107 Å². The standard InChI is InChI=1S/C21H35N3O.C20H32N2O.C20H28N2O.2C19H28BrNO.C11H19ClO.C8H10BrN.C2H8N2.CN.CH4.2ClH.Na.Ni/c1-15(2)18-9-8-16(3)14-19(18)21(25)24-12-10-17-6-4-5-7-20(17)23-13-11-22;2*1-14(2)18-9-8-15(3)12-19(18)20(23)22-11-10-16-6-4-5-7-17(16)13-21;2*1-13(2)16-9-8-14(3)12-17(16)19(22)21-11-10-15-6-4-5-7-18(15)20;1-7(2)9-5-4-8(3)6-10(9)11(12)13;9-8-4-2-1-3-7(8)5-6-10;3-1-2-4;1-2;;;;;/h4-7,15-16,18-19,23H,8-14,22H2,1-3H3,(H,24,25);4-7,14-15,18-19H,8-13,21H2,1-3H3,(H,22,23);4-7,14-15,18-19H,8-12H2,1-3H3,(H,22,23);2*4-7,13-14,16-17H,8-12H2,1-3H3,(H,21,22);7-10H,4-6H2,1-3H3;1-4H,5-6,10H2;1-4H2;;1H4;2*1H;;/q;;;;;;;;-1;;;;+1;+2/p-2/t16-,18+,19-;2*15-,18+,19-;2*14-,16+,17-;8-,9+,10-;;;;;;;;/m111111......../s1. The number of carbonyl (C=O) groups is 6. The van der Waals surface area contributed by atoms with Crippen molar-refractivity contribution in [3.05, 3.63) is 210 Å². The average Bonchev–Trinajstić information content (AvgIpc) is 0.856. The van der Waals surface area contributed by atoms with Crippen LogP contribution in [0.25, 0.3) is 0 Å². The fraction of sp³-hybridized carbons (Fsp3) is 0.639. The smallest absolute Gasteiger partial charge is 1.00 e. The first-order valence-corrected chi connectivity index (χ1v) is 60.4. The van der Waals surface area contributed by atoms with E-state index in [9.17, 15) is 28.8 Å². The number of nitrogens with two attached hydrogens (primary N) is 5. The minimum atomic E-state index is -0.120. The molecule has 0 saturated heterocycles. The van der Waals surface area contributed by atoms with E-state index in [0.717, 1.165) is 121 Å². The molecule has 5 amide bonds. The Bertz CT molecular complexity index is 4650. The Hall–Kier alpha value is -5.28. The van der Waals surface area contributed by atoms with Gasteiger partial charge in [-0.15, -0.1) is 0 Å². The third-order valence-electron chi connectivity index (χ3n) is 31.0. The van der Waals surface area contributed by atoms with Gasteiger partial charge in [-0.25, -0.2) is 0 Å². The van der Waals surface area contributed by atoms with Crippen LogP contribution in [0.4, 0.5) is 5.69 Å². The molecule has 6 aromatic rings. The average molecular weight is 2360 g/mol. The number of para-hydroxylation sites is 1. The Morgan fingerprint density at radius 2 is 0.564 bits per heavy atom. The number of rotatable bonds is 34. The van der Waals surface area contributed by atoms with Crippen molar-refractivity contribution >= 4 is 120 Å².